The molecule has 0 saturated heterocycles. The van der Waals surface area contributed by atoms with Gasteiger partial charge in [-0.25, -0.2) is 15.8 Å². The van der Waals surface area contributed by atoms with Gasteiger partial charge in [0, 0.05) is 13.2 Å². The molecule has 1 atom stereocenters. The van der Waals surface area contributed by atoms with E-state index in [0.29, 0.717) is 24.1 Å². The molecular weight excluding hydrogens is 246 g/mol. The molecule has 19 heavy (non-hydrogen) atoms. The van der Waals surface area contributed by atoms with Crippen LogP contribution in [0.25, 0.3) is 0 Å². The number of nitrogens with zero attached hydrogens (tertiary/aromatic N) is 2. The first-order valence-corrected chi connectivity index (χ1v) is 5.86. The van der Waals surface area contributed by atoms with E-state index in [9.17, 15) is 0 Å². The largest absolute Gasteiger partial charge is 0.467 e. The van der Waals surface area contributed by atoms with Crippen LogP contribution in [-0.4, -0.2) is 17.1 Å². The third kappa shape index (κ3) is 3.43. The molecule has 2 aromatic rings. The van der Waals surface area contributed by atoms with Crippen molar-refractivity contribution >= 4 is 11.6 Å². The van der Waals surface area contributed by atoms with E-state index in [1.54, 1.807) is 19.4 Å². The maximum atomic E-state index is 5.38. The van der Waals surface area contributed by atoms with E-state index in [4.69, 9.17) is 15.0 Å². The zero-order valence-corrected chi connectivity index (χ0v) is 10.9. The van der Waals surface area contributed by atoms with Crippen molar-refractivity contribution in [1.82, 2.24) is 9.97 Å². The van der Waals surface area contributed by atoms with Gasteiger partial charge in [0.05, 0.1) is 12.3 Å². The highest BCUT2D eigenvalue weighted by Gasteiger charge is 2.10. The van der Waals surface area contributed by atoms with Crippen LogP contribution in [-0.2, 0) is 11.3 Å². The van der Waals surface area contributed by atoms with E-state index in [0.717, 1.165) is 5.76 Å². The molecule has 0 spiro atoms. The maximum Gasteiger partial charge on any atom is 0.158 e. The number of hydrogen-bond acceptors (Lipinski definition) is 7. The lowest BCUT2D eigenvalue weighted by Gasteiger charge is -2.13. The highest BCUT2D eigenvalue weighted by molar-refractivity contribution is 5.47. The second kappa shape index (κ2) is 6.17. The zero-order valence-electron chi connectivity index (χ0n) is 10.9. The summed E-state index contributed by atoms with van der Waals surface area (Å²) in [5.41, 5.74) is 2.50. The van der Waals surface area contributed by atoms with Crippen molar-refractivity contribution in [2.75, 3.05) is 17.9 Å². The average molecular weight is 263 g/mol. The van der Waals surface area contributed by atoms with Crippen LogP contribution < -0.4 is 16.6 Å². The van der Waals surface area contributed by atoms with Gasteiger partial charge in [0.1, 0.15) is 24.0 Å². The summed E-state index contributed by atoms with van der Waals surface area (Å²) < 4.78 is 10.4. The molecule has 2 rings (SSSR count). The van der Waals surface area contributed by atoms with Gasteiger partial charge in [0.2, 0.25) is 0 Å². The Kier molecular flexibility index (Phi) is 4.32. The van der Waals surface area contributed by atoms with E-state index in [1.165, 1.54) is 0 Å². The van der Waals surface area contributed by atoms with Crippen LogP contribution in [0.3, 0.4) is 0 Å². The Hall–Kier alpha value is -2.12. The normalized spacial score (nSPS) is 12.2. The Morgan fingerprint density at radius 3 is 2.84 bits per heavy atom. The third-order valence-corrected chi connectivity index (χ3v) is 2.53. The van der Waals surface area contributed by atoms with Crippen molar-refractivity contribution in [2.24, 2.45) is 5.84 Å². The summed E-state index contributed by atoms with van der Waals surface area (Å²) in [6, 6.07) is 5.46. The quantitative estimate of drug-likeness (QED) is 0.538. The number of ether oxygens (including phenoxy) is 1. The van der Waals surface area contributed by atoms with Crippen molar-refractivity contribution in [3.63, 3.8) is 0 Å². The van der Waals surface area contributed by atoms with Gasteiger partial charge >= 0.3 is 0 Å². The van der Waals surface area contributed by atoms with Gasteiger partial charge in [-0.15, -0.1) is 0 Å². The summed E-state index contributed by atoms with van der Waals surface area (Å²) >= 11 is 0. The van der Waals surface area contributed by atoms with Crippen LogP contribution in [0.1, 0.15) is 24.6 Å². The summed E-state index contributed by atoms with van der Waals surface area (Å²) in [6.07, 6.45) is 1.64. The van der Waals surface area contributed by atoms with Gasteiger partial charge in [0.25, 0.3) is 0 Å². The van der Waals surface area contributed by atoms with Crippen molar-refractivity contribution in [1.29, 1.82) is 0 Å². The molecule has 0 aliphatic carbocycles. The summed E-state index contributed by atoms with van der Waals surface area (Å²) in [7, 11) is 1.59. The predicted molar refractivity (Wildman–Crippen MR) is 71.3 cm³/mol. The second-order valence-corrected chi connectivity index (χ2v) is 4.01. The molecule has 4 N–H and O–H groups in total. The smallest absolute Gasteiger partial charge is 0.158 e. The molecule has 0 saturated carbocycles. The minimum atomic E-state index is -0.00841. The zero-order chi connectivity index (χ0) is 13.7. The number of nitrogen functional groups attached to an aromatic ring is 1. The Morgan fingerprint density at radius 2 is 2.21 bits per heavy atom. The van der Waals surface area contributed by atoms with Gasteiger partial charge in [-0.05, 0) is 19.1 Å². The predicted octanol–water partition coefficient (Wildman–Crippen LogP) is 1.67. The molecule has 0 aliphatic rings. The fourth-order valence-electron chi connectivity index (χ4n) is 1.67. The van der Waals surface area contributed by atoms with Crippen LogP contribution >= 0.6 is 0 Å². The summed E-state index contributed by atoms with van der Waals surface area (Å²) in [5.74, 6) is 7.93. The first-order valence-electron chi connectivity index (χ1n) is 5.86. The van der Waals surface area contributed by atoms with E-state index in [-0.39, 0.29) is 6.04 Å². The Morgan fingerprint density at radius 1 is 1.42 bits per heavy atom. The van der Waals surface area contributed by atoms with Gasteiger partial charge in [-0.2, -0.15) is 0 Å². The van der Waals surface area contributed by atoms with Crippen LogP contribution in [0.15, 0.2) is 28.9 Å². The first kappa shape index (κ1) is 13.3. The van der Waals surface area contributed by atoms with Crippen LogP contribution in [0.4, 0.5) is 11.6 Å². The summed E-state index contributed by atoms with van der Waals surface area (Å²) in [6.45, 7) is 2.30. The minimum absolute atomic E-state index is 0.00841. The molecule has 102 valence electrons. The Bertz CT molecular complexity index is 515. The lowest BCUT2D eigenvalue weighted by atomic mass is 10.2. The fourth-order valence-corrected chi connectivity index (χ4v) is 1.67. The molecule has 7 nitrogen and oxygen atoms in total. The molecule has 0 radical (unpaired) electrons. The molecule has 2 aromatic heterocycles. The number of anilines is 2. The maximum absolute atomic E-state index is 5.38. The van der Waals surface area contributed by atoms with Crippen LogP contribution in [0, 0.1) is 0 Å². The van der Waals surface area contributed by atoms with E-state index < -0.39 is 0 Å². The highest BCUT2D eigenvalue weighted by Crippen LogP contribution is 2.19. The van der Waals surface area contributed by atoms with Crippen molar-refractivity contribution < 1.29 is 9.15 Å². The monoisotopic (exact) mass is 263 g/mol. The number of nitrogens with two attached hydrogens (primary N) is 1. The number of hydrazine groups is 1. The molecule has 1 unspecified atom stereocenters. The van der Waals surface area contributed by atoms with Crippen molar-refractivity contribution in [2.45, 2.75) is 19.6 Å². The van der Waals surface area contributed by atoms with Gasteiger partial charge in [-0.1, -0.05) is 0 Å². The third-order valence-electron chi connectivity index (χ3n) is 2.53. The molecule has 2 heterocycles. The van der Waals surface area contributed by atoms with E-state index in [2.05, 4.69) is 20.7 Å². The number of hydrogen-bond donors (Lipinski definition) is 3. The topological polar surface area (TPSA) is 98.2 Å². The van der Waals surface area contributed by atoms with Crippen LogP contribution in [0.5, 0.6) is 0 Å². The lowest BCUT2D eigenvalue weighted by molar-refractivity contribution is 0.178. The average Bonchev–Trinajstić information content (AvgIpc) is 2.92. The van der Waals surface area contributed by atoms with Crippen molar-refractivity contribution in [3.05, 3.63) is 36.0 Å². The van der Waals surface area contributed by atoms with E-state index in [1.807, 2.05) is 19.1 Å². The summed E-state index contributed by atoms with van der Waals surface area (Å²) in [5, 5.41) is 3.22. The summed E-state index contributed by atoms with van der Waals surface area (Å²) in [4.78, 5) is 8.51. The van der Waals surface area contributed by atoms with Gasteiger partial charge in [0.15, 0.2) is 5.82 Å². The van der Waals surface area contributed by atoms with Crippen molar-refractivity contribution in [3.8, 4) is 0 Å². The number of aromatic nitrogens is 2. The molecule has 7 heteroatoms. The fraction of sp³-hybridized carbons (Fsp3) is 0.333. The lowest BCUT2D eigenvalue weighted by Crippen LogP contribution is -2.14. The molecule has 0 aromatic carbocycles. The minimum Gasteiger partial charge on any atom is -0.467 e. The Balaban J connectivity index is 2.16. The first-order chi connectivity index (χ1) is 9.22. The van der Waals surface area contributed by atoms with Gasteiger partial charge in [-0.3, -0.25) is 0 Å². The number of rotatable bonds is 6. The number of methoxy groups -OCH3 is 1. The molecule has 0 fully saturated rings. The number of nitrogens with one attached hydrogen (secondary N) is 2. The Labute approximate surface area is 111 Å². The SMILES string of the molecule is COCc1nc(NN)cc(NC(C)c2ccco2)n1. The molecular formula is C12H17N5O2. The molecule has 0 aliphatic heterocycles. The van der Waals surface area contributed by atoms with Gasteiger partial charge < -0.3 is 19.9 Å². The molecule has 0 bridgehead atoms. The van der Waals surface area contributed by atoms with E-state index >= 15 is 0 Å². The van der Waals surface area contributed by atoms with Crippen LogP contribution in [0.2, 0.25) is 0 Å². The number of furan rings is 1. The molecule has 0 amide bonds. The highest BCUT2D eigenvalue weighted by atomic mass is 16.5. The standard InChI is InChI=1S/C12H17N5O2/c1-8(9-4-3-5-19-9)14-10-6-11(17-13)16-12(15-10)7-18-2/h3-6,8H,7,13H2,1-2H3,(H2,14,15,16,17). The second-order valence-electron chi connectivity index (χ2n) is 4.01.